The Morgan fingerprint density at radius 3 is 2.96 bits per heavy atom. The summed E-state index contributed by atoms with van der Waals surface area (Å²) < 4.78 is 2.01. The van der Waals surface area contributed by atoms with Crippen LogP contribution in [0.5, 0.6) is 0 Å². The summed E-state index contributed by atoms with van der Waals surface area (Å²) in [6.45, 7) is 4.55. The summed E-state index contributed by atoms with van der Waals surface area (Å²) in [6, 6.07) is 5.01. The highest BCUT2D eigenvalue weighted by Crippen LogP contribution is 2.20. The van der Waals surface area contributed by atoms with Crippen LogP contribution in [0, 0.1) is 4.77 Å². The van der Waals surface area contributed by atoms with Crippen LogP contribution in [0.3, 0.4) is 0 Å². The highest BCUT2D eigenvalue weighted by molar-refractivity contribution is 7.71. The minimum Gasteiger partial charge on any atom is -0.349 e. The first-order valence-electron chi connectivity index (χ1n) is 8.94. The molecule has 0 radical (unpaired) electrons. The van der Waals surface area contributed by atoms with E-state index >= 15 is 0 Å². The predicted molar refractivity (Wildman–Crippen MR) is 107 cm³/mol. The van der Waals surface area contributed by atoms with Crippen molar-refractivity contribution >= 4 is 29.0 Å². The maximum atomic E-state index is 12.8. The topological polar surface area (TPSA) is 66.9 Å². The van der Waals surface area contributed by atoms with Gasteiger partial charge in [0.25, 0.3) is 11.5 Å². The highest BCUT2D eigenvalue weighted by atomic mass is 32.1. The van der Waals surface area contributed by atoms with Gasteiger partial charge in [0.2, 0.25) is 0 Å². The van der Waals surface area contributed by atoms with Crippen LogP contribution in [-0.4, -0.2) is 22.0 Å². The van der Waals surface area contributed by atoms with Crippen molar-refractivity contribution in [3.63, 3.8) is 0 Å². The number of hydrogen-bond donors (Lipinski definition) is 2. The van der Waals surface area contributed by atoms with Crippen LogP contribution in [0.1, 0.15) is 42.5 Å². The number of H-pyrrole nitrogens is 1. The standard InChI is InChI=1S/C20H23N3O2S/c1-2-11-21-18(24)15-8-9-16-17(13-15)22-20(26)23(19(16)25)12-10-14-6-4-3-5-7-14/h2,6,8-9,13H,1,3-5,7,10-12H2,(H,21,24)(H,22,26). The molecule has 5 nitrogen and oxygen atoms in total. The molecule has 6 heteroatoms. The number of benzene rings is 1. The Kier molecular flexibility index (Phi) is 5.83. The van der Waals surface area contributed by atoms with Crippen molar-refractivity contribution in [1.82, 2.24) is 14.9 Å². The minimum absolute atomic E-state index is 0.113. The van der Waals surface area contributed by atoms with E-state index in [1.54, 1.807) is 28.8 Å². The lowest BCUT2D eigenvalue weighted by Crippen LogP contribution is -2.25. The fraction of sp³-hybridized carbons (Fsp3) is 0.350. The van der Waals surface area contributed by atoms with Gasteiger partial charge in [0, 0.05) is 18.7 Å². The molecule has 1 aromatic heterocycles. The molecule has 1 amide bonds. The van der Waals surface area contributed by atoms with Crippen LogP contribution in [0.4, 0.5) is 0 Å². The Morgan fingerprint density at radius 2 is 2.23 bits per heavy atom. The summed E-state index contributed by atoms with van der Waals surface area (Å²) in [4.78, 5) is 28.0. The number of rotatable bonds is 6. The third-order valence-electron chi connectivity index (χ3n) is 4.69. The van der Waals surface area contributed by atoms with Crippen LogP contribution in [0.2, 0.25) is 0 Å². The van der Waals surface area contributed by atoms with Crippen molar-refractivity contribution in [1.29, 1.82) is 0 Å². The molecular formula is C20H23N3O2S. The molecule has 136 valence electrons. The SMILES string of the molecule is C=CCNC(=O)c1ccc2c(=O)n(CCC3=CCCCC3)c(=S)[nH]c2c1. The van der Waals surface area contributed by atoms with Gasteiger partial charge in [-0.15, -0.1) is 6.58 Å². The third kappa shape index (κ3) is 4.02. The lowest BCUT2D eigenvalue weighted by Gasteiger charge is -2.14. The molecule has 1 aliphatic carbocycles. The molecule has 0 unspecified atom stereocenters. The molecule has 1 aliphatic rings. The van der Waals surface area contributed by atoms with Gasteiger partial charge < -0.3 is 10.3 Å². The number of amides is 1. The first kappa shape index (κ1) is 18.3. The van der Waals surface area contributed by atoms with Crippen LogP contribution in [0.15, 0.2) is 47.3 Å². The smallest absolute Gasteiger partial charge is 0.262 e. The largest absolute Gasteiger partial charge is 0.349 e. The van der Waals surface area contributed by atoms with Crippen LogP contribution >= 0.6 is 12.2 Å². The van der Waals surface area contributed by atoms with Crippen molar-refractivity contribution in [2.45, 2.75) is 38.6 Å². The van der Waals surface area contributed by atoms with E-state index in [-0.39, 0.29) is 11.5 Å². The molecule has 1 heterocycles. The van der Waals surface area contributed by atoms with E-state index in [0.717, 1.165) is 19.3 Å². The first-order chi connectivity index (χ1) is 12.6. The normalized spacial score (nSPS) is 14.1. The Morgan fingerprint density at radius 1 is 1.38 bits per heavy atom. The molecule has 3 rings (SSSR count). The summed E-state index contributed by atoms with van der Waals surface area (Å²) in [7, 11) is 0. The van der Waals surface area contributed by atoms with E-state index in [1.165, 1.54) is 18.4 Å². The Hall–Kier alpha value is -2.47. The van der Waals surface area contributed by atoms with E-state index < -0.39 is 0 Å². The number of hydrogen-bond acceptors (Lipinski definition) is 3. The van der Waals surface area contributed by atoms with Gasteiger partial charge in [-0.05, 0) is 62.5 Å². The van der Waals surface area contributed by atoms with Gasteiger partial charge in [0.05, 0.1) is 10.9 Å². The summed E-state index contributed by atoms with van der Waals surface area (Å²) >= 11 is 5.39. The molecule has 0 saturated carbocycles. The molecule has 26 heavy (non-hydrogen) atoms. The Bertz CT molecular complexity index is 985. The molecule has 1 aromatic carbocycles. The summed E-state index contributed by atoms with van der Waals surface area (Å²) in [5.74, 6) is -0.209. The Balaban J connectivity index is 1.89. The van der Waals surface area contributed by atoms with Crippen LogP contribution < -0.4 is 10.9 Å². The van der Waals surface area contributed by atoms with E-state index in [1.807, 2.05) is 0 Å². The Labute approximate surface area is 157 Å². The lowest BCUT2D eigenvalue weighted by atomic mass is 9.97. The van der Waals surface area contributed by atoms with Crippen LogP contribution in [-0.2, 0) is 6.54 Å². The number of nitrogens with one attached hydrogen (secondary N) is 2. The van der Waals surface area contributed by atoms with Gasteiger partial charge in [-0.1, -0.05) is 17.7 Å². The van der Waals surface area contributed by atoms with E-state index in [4.69, 9.17) is 12.2 Å². The maximum Gasteiger partial charge on any atom is 0.262 e. The molecule has 0 spiro atoms. The fourth-order valence-corrected chi connectivity index (χ4v) is 3.54. The second-order valence-corrected chi connectivity index (χ2v) is 6.89. The second kappa shape index (κ2) is 8.27. The van der Waals surface area contributed by atoms with Gasteiger partial charge in [0.1, 0.15) is 0 Å². The predicted octanol–water partition coefficient (Wildman–Crippen LogP) is 3.87. The second-order valence-electron chi connectivity index (χ2n) is 6.50. The van der Waals surface area contributed by atoms with Gasteiger partial charge in [-0.3, -0.25) is 14.2 Å². The number of aromatic nitrogens is 2. The van der Waals surface area contributed by atoms with E-state index in [2.05, 4.69) is 23.0 Å². The molecule has 0 fully saturated rings. The molecule has 0 bridgehead atoms. The van der Waals surface area contributed by atoms with Gasteiger partial charge in [-0.25, -0.2) is 0 Å². The zero-order valence-electron chi connectivity index (χ0n) is 14.7. The molecular weight excluding hydrogens is 346 g/mol. The quantitative estimate of drug-likeness (QED) is 0.600. The zero-order valence-corrected chi connectivity index (χ0v) is 15.5. The number of nitrogens with zero attached hydrogens (tertiary/aromatic N) is 1. The monoisotopic (exact) mass is 369 g/mol. The number of fused-ring (bicyclic) bond motifs is 1. The van der Waals surface area contributed by atoms with Gasteiger partial charge in [0.15, 0.2) is 4.77 Å². The van der Waals surface area contributed by atoms with Crippen molar-refractivity contribution < 1.29 is 4.79 Å². The maximum absolute atomic E-state index is 12.8. The van der Waals surface area contributed by atoms with Gasteiger partial charge in [-0.2, -0.15) is 0 Å². The van der Waals surface area contributed by atoms with Crippen molar-refractivity contribution in [2.24, 2.45) is 0 Å². The summed E-state index contributed by atoms with van der Waals surface area (Å²) in [6.07, 6.45) is 9.48. The summed E-state index contributed by atoms with van der Waals surface area (Å²) in [5, 5.41) is 3.26. The molecule has 0 aliphatic heterocycles. The van der Waals surface area contributed by atoms with Crippen molar-refractivity contribution in [3.8, 4) is 0 Å². The molecule has 2 aromatic rings. The summed E-state index contributed by atoms with van der Waals surface area (Å²) in [5.41, 5.74) is 2.36. The average Bonchev–Trinajstić information content (AvgIpc) is 2.66. The number of allylic oxidation sites excluding steroid dienone is 2. The fourth-order valence-electron chi connectivity index (χ4n) is 3.25. The average molecular weight is 369 g/mol. The zero-order chi connectivity index (χ0) is 18.5. The molecule has 2 N–H and O–H groups in total. The molecule has 0 saturated heterocycles. The van der Waals surface area contributed by atoms with Crippen molar-refractivity contribution in [3.05, 3.63) is 63.2 Å². The lowest BCUT2D eigenvalue weighted by molar-refractivity contribution is 0.0958. The van der Waals surface area contributed by atoms with Crippen LogP contribution in [0.25, 0.3) is 10.9 Å². The van der Waals surface area contributed by atoms with E-state index in [0.29, 0.717) is 34.3 Å². The minimum atomic E-state index is -0.209. The number of carbonyl (C=O) groups excluding carboxylic acids is 1. The number of aromatic amines is 1. The first-order valence-corrected chi connectivity index (χ1v) is 9.35. The van der Waals surface area contributed by atoms with Crippen molar-refractivity contribution in [2.75, 3.05) is 6.54 Å². The number of carbonyl (C=O) groups is 1. The third-order valence-corrected chi connectivity index (χ3v) is 5.02. The van der Waals surface area contributed by atoms with Gasteiger partial charge >= 0.3 is 0 Å². The van der Waals surface area contributed by atoms with E-state index in [9.17, 15) is 9.59 Å². The highest BCUT2D eigenvalue weighted by Gasteiger charge is 2.11. The molecule has 0 atom stereocenters.